The maximum atomic E-state index is 12.1. The second-order valence-electron chi connectivity index (χ2n) is 5.70. The molecule has 0 spiro atoms. The molecule has 1 aliphatic heterocycles. The van der Waals surface area contributed by atoms with Crippen molar-refractivity contribution < 1.29 is 14.7 Å². The van der Waals surface area contributed by atoms with Gasteiger partial charge in [-0.15, -0.1) is 0 Å². The van der Waals surface area contributed by atoms with Crippen LogP contribution >= 0.6 is 0 Å². The molecule has 0 bridgehead atoms. The largest absolute Gasteiger partial charge is 0.480 e. The summed E-state index contributed by atoms with van der Waals surface area (Å²) in [5, 5.41) is 9.07. The third-order valence-corrected chi connectivity index (χ3v) is 4.07. The molecule has 2 atom stereocenters. The second-order valence-corrected chi connectivity index (χ2v) is 5.70. The Balaban J connectivity index is 2.48. The van der Waals surface area contributed by atoms with Crippen molar-refractivity contribution in [2.45, 2.75) is 52.0 Å². The molecule has 1 rings (SSSR count). The molecule has 0 aromatic rings. The van der Waals surface area contributed by atoms with Crippen LogP contribution in [0.25, 0.3) is 0 Å². The summed E-state index contributed by atoms with van der Waals surface area (Å²) in [6.45, 7) is 5.50. The Kier molecular flexibility index (Phi) is 6.28. The van der Waals surface area contributed by atoms with E-state index in [1.165, 1.54) is 4.90 Å². The highest BCUT2D eigenvalue weighted by Gasteiger charge is 2.33. The average Bonchev–Trinajstić information content (AvgIpc) is 2.82. The van der Waals surface area contributed by atoms with Gasteiger partial charge in [-0.1, -0.05) is 13.8 Å². The van der Waals surface area contributed by atoms with Gasteiger partial charge in [-0.2, -0.15) is 0 Å². The SMILES string of the molecule is CC(C)C(CCN)CCC(=O)N1CCC[C@@H]1C(=O)O. The van der Waals surface area contributed by atoms with E-state index in [1.807, 2.05) is 0 Å². The zero-order valence-corrected chi connectivity index (χ0v) is 12.0. The number of rotatable bonds is 7. The third kappa shape index (κ3) is 4.49. The molecule has 0 aliphatic carbocycles. The first-order chi connectivity index (χ1) is 8.97. The number of carboxylic acids is 1. The highest BCUT2D eigenvalue weighted by Crippen LogP contribution is 2.23. The quantitative estimate of drug-likeness (QED) is 0.733. The minimum Gasteiger partial charge on any atom is -0.480 e. The monoisotopic (exact) mass is 270 g/mol. The van der Waals surface area contributed by atoms with E-state index in [-0.39, 0.29) is 5.91 Å². The molecule has 0 saturated carbocycles. The molecule has 0 aromatic carbocycles. The van der Waals surface area contributed by atoms with Gasteiger partial charge in [-0.25, -0.2) is 4.79 Å². The predicted molar refractivity (Wildman–Crippen MR) is 73.6 cm³/mol. The highest BCUT2D eigenvalue weighted by atomic mass is 16.4. The van der Waals surface area contributed by atoms with Gasteiger partial charge in [-0.3, -0.25) is 4.79 Å². The molecule has 3 N–H and O–H groups in total. The fourth-order valence-electron chi connectivity index (χ4n) is 2.80. The van der Waals surface area contributed by atoms with Crippen LogP contribution in [0.1, 0.15) is 46.0 Å². The summed E-state index contributed by atoms with van der Waals surface area (Å²) in [7, 11) is 0. The van der Waals surface area contributed by atoms with Crippen LogP contribution in [0, 0.1) is 11.8 Å². The molecule has 0 aromatic heterocycles. The lowest BCUT2D eigenvalue weighted by atomic mass is 9.88. The van der Waals surface area contributed by atoms with E-state index in [0.29, 0.717) is 37.8 Å². The van der Waals surface area contributed by atoms with Crippen LogP contribution in [0.2, 0.25) is 0 Å². The van der Waals surface area contributed by atoms with Crippen molar-refractivity contribution in [3.8, 4) is 0 Å². The molecule has 5 heteroatoms. The van der Waals surface area contributed by atoms with Crippen LogP contribution < -0.4 is 5.73 Å². The lowest BCUT2D eigenvalue weighted by Gasteiger charge is -2.24. The highest BCUT2D eigenvalue weighted by molar-refractivity contribution is 5.84. The van der Waals surface area contributed by atoms with Gasteiger partial charge in [0.2, 0.25) is 5.91 Å². The molecule has 19 heavy (non-hydrogen) atoms. The molecule has 1 aliphatic rings. The minimum absolute atomic E-state index is 0.0208. The van der Waals surface area contributed by atoms with Crippen LogP contribution in [0.4, 0.5) is 0 Å². The zero-order chi connectivity index (χ0) is 14.4. The summed E-state index contributed by atoms with van der Waals surface area (Å²) >= 11 is 0. The Hall–Kier alpha value is -1.10. The van der Waals surface area contributed by atoms with Crippen molar-refractivity contribution >= 4 is 11.9 Å². The number of likely N-dealkylation sites (tertiary alicyclic amines) is 1. The van der Waals surface area contributed by atoms with Gasteiger partial charge in [0.15, 0.2) is 0 Å². The normalized spacial score (nSPS) is 20.8. The minimum atomic E-state index is -0.881. The standard InChI is InChI=1S/C14H26N2O3/c1-10(2)11(7-8-15)5-6-13(17)16-9-3-4-12(16)14(18)19/h10-12H,3-9,15H2,1-2H3,(H,18,19)/t11?,12-/m1/s1. The van der Waals surface area contributed by atoms with Gasteiger partial charge in [0.1, 0.15) is 6.04 Å². The van der Waals surface area contributed by atoms with Crippen LogP contribution in [0.15, 0.2) is 0 Å². The molecule has 1 saturated heterocycles. The zero-order valence-electron chi connectivity index (χ0n) is 12.0. The fraction of sp³-hybridized carbons (Fsp3) is 0.857. The van der Waals surface area contributed by atoms with Gasteiger partial charge >= 0.3 is 5.97 Å². The summed E-state index contributed by atoms with van der Waals surface area (Å²) < 4.78 is 0. The number of nitrogens with zero attached hydrogens (tertiary/aromatic N) is 1. The van der Waals surface area contributed by atoms with Crippen molar-refractivity contribution in [1.29, 1.82) is 0 Å². The third-order valence-electron chi connectivity index (χ3n) is 4.07. The predicted octanol–water partition coefficient (Wildman–Crippen LogP) is 1.46. The van der Waals surface area contributed by atoms with E-state index in [2.05, 4.69) is 13.8 Å². The molecule has 5 nitrogen and oxygen atoms in total. The van der Waals surface area contributed by atoms with Crippen LogP contribution in [0.5, 0.6) is 0 Å². The summed E-state index contributed by atoms with van der Waals surface area (Å²) in [6, 6.07) is -0.612. The maximum Gasteiger partial charge on any atom is 0.326 e. The average molecular weight is 270 g/mol. The smallest absolute Gasteiger partial charge is 0.326 e. The summed E-state index contributed by atoms with van der Waals surface area (Å²) in [6.07, 6.45) is 3.53. The van der Waals surface area contributed by atoms with Crippen molar-refractivity contribution in [1.82, 2.24) is 4.90 Å². The van der Waals surface area contributed by atoms with Gasteiger partial charge < -0.3 is 15.7 Å². The maximum absolute atomic E-state index is 12.1. The molecule has 1 fully saturated rings. The topological polar surface area (TPSA) is 83.6 Å². The lowest BCUT2D eigenvalue weighted by Crippen LogP contribution is -2.40. The van der Waals surface area contributed by atoms with E-state index < -0.39 is 12.0 Å². The number of carbonyl (C=O) groups excluding carboxylic acids is 1. The van der Waals surface area contributed by atoms with Crippen LogP contribution in [-0.4, -0.2) is 41.0 Å². The van der Waals surface area contributed by atoms with Gasteiger partial charge in [0.05, 0.1) is 0 Å². The van der Waals surface area contributed by atoms with Crippen molar-refractivity contribution in [2.24, 2.45) is 17.6 Å². The fourth-order valence-corrected chi connectivity index (χ4v) is 2.80. The van der Waals surface area contributed by atoms with E-state index in [1.54, 1.807) is 0 Å². The summed E-state index contributed by atoms with van der Waals surface area (Å²) in [5.74, 6) is 0.0471. The number of hydrogen-bond acceptors (Lipinski definition) is 3. The Morgan fingerprint density at radius 2 is 2.05 bits per heavy atom. The van der Waals surface area contributed by atoms with E-state index in [0.717, 1.165) is 19.3 Å². The van der Waals surface area contributed by atoms with Crippen molar-refractivity contribution in [3.63, 3.8) is 0 Å². The van der Waals surface area contributed by atoms with Gasteiger partial charge in [-0.05, 0) is 44.1 Å². The van der Waals surface area contributed by atoms with Gasteiger partial charge in [0, 0.05) is 13.0 Å². The summed E-state index contributed by atoms with van der Waals surface area (Å²) in [5.41, 5.74) is 5.58. The number of amides is 1. The number of aliphatic carboxylic acids is 1. The molecule has 1 amide bonds. The number of carboxylic acid groups (broad SMARTS) is 1. The van der Waals surface area contributed by atoms with Crippen molar-refractivity contribution in [3.05, 3.63) is 0 Å². The van der Waals surface area contributed by atoms with E-state index >= 15 is 0 Å². The van der Waals surface area contributed by atoms with E-state index in [4.69, 9.17) is 10.8 Å². The Bertz CT molecular complexity index is 318. The molecular weight excluding hydrogens is 244 g/mol. The lowest BCUT2D eigenvalue weighted by molar-refractivity contribution is -0.148. The Labute approximate surface area is 115 Å². The number of nitrogens with two attached hydrogens (primary N) is 1. The Morgan fingerprint density at radius 1 is 1.37 bits per heavy atom. The molecule has 1 unspecified atom stereocenters. The van der Waals surface area contributed by atoms with Gasteiger partial charge in [0.25, 0.3) is 0 Å². The van der Waals surface area contributed by atoms with Crippen LogP contribution in [0.3, 0.4) is 0 Å². The first-order valence-corrected chi connectivity index (χ1v) is 7.19. The van der Waals surface area contributed by atoms with E-state index in [9.17, 15) is 9.59 Å². The second kappa shape index (κ2) is 7.48. The molecule has 1 heterocycles. The van der Waals surface area contributed by atoms with Crippen LogP contribution in [-0.2, 0) is 9.59 Å². The number of carbonyl (C=O) groups is 2. The first-order valence-electron chi connectivity index (χ1n) is 7.19. The summed E-state index contributed by atoms with van der Waals surface area (Å²) in [4.78, 5) is 24.7. The van der Waals surface area contributed by atoms with Crippen molar-refractivity contribution in [2.75, 3.05) is 13.1 Å². The first kappa shape index (κ1) is 16.0. The molecular formula is C14H26N2O3. The Morgan fingerprint density at radius 3 is 2.58 bits per heavy atom. The number of hydrogen-bond donors (Lipinski definition) is 2. The molecule has 110 valence electrons. The molecule has 0 radical (unpaired) electrons.